The van der Waals surface area contributed by atoms with E-state index in [2.05, 4.69) is 11.8 Å². The van der Waals surface area contributed by atoms with Gasteiger partial charge in [-0.15, -0.1) is 0 Å². The Morgan fingerprint density at radius 1 is 0.892 bits per heavy atom. The van der Waals surface area contributed by atoms with E-state index in [1.807, 2.05) is 4.90 Å². The van der Waals surface area contributed by atoms with Crippen LogP contribution < -0.4 is 0 Å². The SMILES string of the molecule is CCCCCCCCCCCC(=O)N1CCN(CCN(Cc2ccc(F)cc2)C(=O)c2ccco2)CC1. The summed E-state index contributed by atoms with van der Waals surface area (Å²) in [5.74, 6) is 0.101. The molecule has 1 aliphatic rings. The number of carbonyl (C=O) groups is 2. The number of amides is 2. The van der Waals surface area contributed by atoms with Gasteiger partial charge in [-0.1, -0.05) is 70.4 Å². The first-order valence-corrected chi connectivity index (χ1v) is 14.1. The molecule has 0 unspecified atom stereocenters. The summed E-state index contributed by atoms with van der Waals surface area (Å²) in [5, 5.41) is 0. The molecular weight excluding hydrogens is 469 g/mol. The topological polar surface area (TPSA) is 57.0 Å². The fourth-order valence-corrected chi connectivity index (χ4v) is 4.85. The normalized spacial score (nSPS) is 14.2. The van der Waals surface area contributed by atoms with Crippen molar-refractivity contribution in [1.82, 2.24) is 14.7 Å². The van der Waals surface area contributed by atoms with Gasteiger partial charge in [0.1, 0.15) is 5.82 Å². The van der Waals surface area contributed by atoms with Gasteiger partial charge in [0.05, 0.1) is 6.26 Å². The Hall–Kier alpha value is -2.67. The lowest BCUT2D eigenvalue weighted by molar-refractivity contribution is -0.133. The molecule has 1 aromatic carbocycles. The molecule has 1 aromatic heterocycles. The molecule has 0 bridgehead atoms. The molecule has 37 heavy (non-hydrogen) atoms. The number of piperazine rings is 1. The van der Waals surface area contributed by atoms with Crippen LogP contribution in [0.2, 0.25) is 0 Å². The van der Waals surface area contributed by atoms with Gasteiger partial charge in [-0.05, 0) is 36.2 Å². The van der Waals surface area contributed by atoms with Crippen LogP contribution in [0.3, 0.4) is 0 Å². The molecule has 0 saturated carbocycles. The Morgan fingerprint density at radius 3 is 2.16 bits per heavy atom. The third-order valence-electron chi connectivity index (χ3n) is 7.21. The molecule has 1 aliphatic heterocycles. The maximum atomic E-state index is 13.3. The summed E-state index contributed by atoms with van der Waals surface area (Å²) in [6.45, 7) is 6.97. The maximum Gasteiger partial charge on any atom is 0.289 e. The first-order chi connectivity index (χ1) is 18.1. The van der Waals surface area contributed by atoms with Crippen LogP contribution in [0.25, 0.3) is 0 Å². The number of halogens is 1. The van der Waals surface area contributed by atoms with Crippen molar-refractivity contribution < 1.29 is 18.4 Å². The van der Waals surface area contributed by atoms with Crippen LogP contribution in [0, 0.1) is 5.82 Å². The van der Waals surface area contributed by atoms with E-state index >= 15 is 0 Å². The quantitative estimate of drug-likeness (QED) is 0.254. The number of nitrogens with zero attached hydrogens (tertiary/aromatic N) is 3. The molecule has 6 nitrogen and oxygen atoms in total. The van der Waals surface area contributed by atoms with Crippen LogP contribution in [0.4, 0.5) is 4.39 Å². The second kappa shape index (κ2) is 16.2. The predicted molar refractivity (Wildman–Crippen MR) is 145 cm³/mol. The minimum Gasteiger partial charge on any atom is -0.459 e. The predicted octanol–water partition coefficient (Wildman–Crippen LogP) is 6.13. The minimum absolute atomic E-state index is 0.177. The number of hydrogen-bond acceptors (Lipinski definition) is 4. The highest BCUT2D eigenvalue weighted by Gasteiger charge is 2.23. The number of unbranched alkanes of at least 4 members (excludes halogenated alkanes) is 8. The summed E-state index contributed by atoms with van der Waals surface area (Å²) < 4.78 is 18.7. The van der Waals surface area contributed by atoms with Crippen LogP contribution >= 0.6 is 0 Å². The highest BCUT2D eigenvalue weighted by Crippen LogP contribution is 2.14. The van der Waals surface area contributed by atoms with Crippen LogP contribution in [0.15, 0.2) is 47.1 Å². The van der Waals surface area contributed by atoms with Gasteiger partial charge in [0.2, 0.25) is 5.91 Å². The summed E-state index contributed by atoms with van der Waals surface area (Å²) >= 11 is 0. The van der Waals surface area contributed by atoms with Crippen molar-refractivity contribution in [1.29, 1.82) is 0 Å². The van der Waals surface area contributed by atoms with Gasteiger partial charge >= 0.3 is 0 Å². The number of benzene rings is 1. The first kappa shape index (κ1) is 28.9. The zero-order chi connectivity index (χ0) is 26.3. The minimum atomic E-state index is -0.294. The summed E-state index contributed by atoms with van der Waals surface area (Å²) in [5.41, 5.74) is 0.869. The Bertz CT molecular complexity index is 909. The summed E-state index contributed by atoms with van der Waals surface area (Å²) in [4.78, 5) is 31.7. The van der Waals surface area contributed by atoms with Crippen LogP contribution in [0.5, 0.6) is 0 Å². The van der Waals surface area contributed by atoms with Gasteiger partial charge in [0.25, 0.3) is 5.91 Å². The molecular formula is C30H44FN3O3. The van der Waals surface area contributed by atoms with E-state index in [4.69, 9.17) is 4.42 Å². The Morgan fingerprint density at radius 2 is 1.54 bits per heavy atom. The van der Waals surface area contributed by atoms with Crippen molar-refractivity contribution in [2.75, 3.05) is 39.3 Å². The summed E-state index contributed by atoms with van der Waals surface area (Å²) in [6.07, 6.45) is 13.5. The number of carbonyl (C=O) groups excluding carboxylic acids is 2. The lowest BCUT2D eigenvalue weighted by atomic mass is 10.1. The summed E-state index contributed by atoms with van der Waals surface area (Å²) in [6, 6.07) is 9.60. The first-order valence-electron chi connectivity index (χ1n) is 14.1. The number of hydrogen-bond donors (Lipinski definition) is 0. The smallest absolute Gasteiger partial charge is 0.289 e. The average Bonchev–Trinajstić information content (AvgIpc) is 3.46. The van der Waals surface area contributed by atoms with Crippen molar-refractivity contribution in [3.8, 4) is 0 Å². The molecule has 2 heterocycles. The Kier molecular flexibility index (Phi) is 12.7. The Labute approximate surface area is 221 Å². The van der Waals surface area contributed by atoms with Gasteiger partial charge in [-0.25, -0.2) is 4.39 Å². The molecule has 0 radical (unpaired) electrons. The lowest BCUT2D eigenvalue weighted by Gasteiger charge is -2.36. The highest BCUT2D eigenvalue weighted by molar-refractivity contribution is 5.91. The van der Waals surface area contributed by atoms with Crippen molar-refractivity contribution in [3.63, 3.8) is 0 Å². The molecule has 2 aromatic rings. The largest absolute Gasteiger partial charge is 0.459 e. The van der Waals surface area contributed by atoms with E-state index in [0.717, 1.165) is 44.6 Å². The standard InChI is InChI=1S/C30H44FN3O3/c1-2-3-4-5-6-7-8-9-10-13-29(35)33-21-18-32(19-22-33)20-23-34(30(36)28-12-11-24-37-28)25-26-14-16-27(31)17-15-26/h11-12,14-17,24H,2-10,13,18-23,25H2,1H3. The van der Waals surface area contributed by atoms with Crippen LogP contribution in [0.1, 0.15) is 87.3 Å². The van der Waals surface area contributed by atoms with E-state index in [-0.39, 0.29) is 17.6 Å². The molecule has 204 valence electrons. The highest BCUT2D eigenvalue weighted by atomic mass is 19.1. The van der Waals surface area contributed by atoms with Gasteiger partial charge in [0, 0.05) is 52.2 Å². The molecule has 1 fully saturated rings. The van der Waals surface area contributed by atoms with Crippen molar-refractivity contribution >= 4 is 11.8 Å². The monoisotopic (exact) mass is 513 g/mol. The van der Waals surface area contributed by atoms with Gasteiger partial charge in [-0.2, -0.15) is 0 Å². The zero-order valence-corrected chi connectivity index (χ0v) is 22.5. The van der Waals surface area contributed by atoms with E-state index in [0.29, 0.717) is 31.8 Å². The molecule has 2 amide bonds. The van der Waals surface area contributed by atoms with Gasteiger partial charge in [-0.3, -0.25) is 14.5 Å². The third kappa shape index (κ3) is 10.3. The lowest BCUT2D eigenvalue weighted by Crippen LogP contribution is -2.50. The van der Waals surface area contributed by atoms with E-state index in [1.54, 1.807) is 29.2 Å². The number of furan rings is 1. The molecule has 0 N–H and O–H groups in total. The maximum absolute atomic E-state index is 13.3. The molecule has 7 heteroatoms. The average molecular weight is 514 g/mol. The molecule has 0 aliphatic carbocycles. The van der Waals surface area contributed by atoms with Gasteiger partial charge in [0.15, 0.2) is 5.76 Å². The second-order valence-corrected chi connectivity index (χ2v) is 10.1. The van der Waals surface area contributed by atoms with Crippen LogP contribution in [-0.2, 0) is 11.3 Å². The van der Waals surface area contributed by atoms with Crippen molar-refractivity contribution in [3.05, 3.63) is 59.8 Å². The van der Waals surface area contributed by atoms with Crippen molar-refractivity contribution in [2.45, 2.75) is 77.7 Å². The van der Waals surface area contributed by atoms with Crippen LogP contribution in [-0.4, -0.2) is 65.8 Å². The van der Waals surface area contributed by atoms with Gasteiger partial charge < -0.3 is 14.2 Å². The molecule has 3 rings (SSSR count). The molecule has 1 saturated heterocycles. The summed E-state index contributed by atoms with van der Waals surface area (Å²) in [7, 11) is 0. The zero-order valence-electron chi connectivity index (χ0n) is 22.5. The van der Waals surface area contributed by atoms with E-state index in [1.165, 1.54) is 63.3 Å². The molecule has 0 atom stereocenters. The fraction of sp³-hybridized carbons (Fsp3) is 0.600. The van der Waals surface area contributed by atoms with E-state index in [9.17, 15) is 14.0 Å². The van der Waals surface area contributed by atoms with Crippen molar-refractivity contribution in [2.24, 2.45) is 0 Å². The van der Waals surface area contributed by atoms with E-state index < -0.39 is 0 Å². The third-order valence-corrected chi connectivity index (χ3v) is 7.21. The fourth-order valence-electron chi connectivity index (χ4n) is 4.85. The Balaban J connectivity index is 1.36. The second-order valence-electron chi connectivity index (χ2n) is 10.1. The number of rotatable bonds is 16. The molecule has 0 spiro atoms.